The van der Waals surface area contributed by atoms with Crippen molar-refractivity contribution in [3.05, 3.63) is 59.1 Å². The van der Waals surface area contributed by atoms with Crippen LogP contribution >= 0.6 is 11.3 Å². The molecule has 1 atom stereocenters. The molecule has 0 bridgehead atoms. The second-order valence-corrected chi connectivity index (χ2v) is 7.87. The molecule has 1 N–H and O–H groups in total. The van der Waals surface area contributed by atoms with Gasteiger partial charge in [0.1, 0.15) is 6.04 Å². The van der Waals surface area contributed by atoms with Crippen molar-refractivity contribution in [3.63, 3.8) is 0 Å². The first-order chi connectivity index (χ1) is 13.0. The van der Waals surface area contributed by atoms with Crippen LogP contribution in [0.25, 0.3) is 10.6 Å². The highest BCUT2D eigenvalue weighted by molar-refractivity contribution is 7.15. The fraction of sp³-hybridized carbons (Fsp3) is 0.250. The van der Waals surface area contributed by atoms with Crippen molar-refractivity contribution in [1.82, 2.24) is 15.1 Å². The number of rotatable bonds is 3. The first kappa shape index (κ1) is 17.5. The minimum absolute atomic E-state index is 0.0783. The molecule has 2 aromatic heterocycles. The van der Waals surface area contributed by atoms with Crippen molar-refractivity contribution in [2.24, 2.45) is 0 Å². The minimum Gasteiger partial charge on any atom is -0.324 e. The zero-order chi connectivity index (χ0) is 19.0. The average molecular weight is 380 g/mol. The number of aromatic amines is 1. The number of nitrogens with one attached hydrogen (secondary N) is 1. The zero-order valence-electron chi connectivity index (χ0n) is 15.2. The van der Waals surface area contributed by atoms with Crippen LogP contribution in [-0.4, -0.2) is 46.0 Å². The van der Waals surface area contributed by atoms with Crippen molar-refractivity contribution in [1.29, 1.82) is 0 Å². The Balaban J connectivity index is 1.52. The third-order valence-corrected chi connectivity index (χ3v) is 5.82. The van der Waals surface area contributed by atoms with Gasteiger partial charge < -0.3 is 9.80 Å². The summed E-state index contributed by atoms with van der Waals surface area (Å²) in [5.74, 6) is -0.301. The first-order valence-corrected chi connectivity index (χ1v) is 9.66. The Labute approximate surface area is 161 Å². The summed E-state index contributed by atoms with van der Waals surface area (Å²) in [7, 11) is 0. The van der Waals surface area contributed by atoms with E-state index in [9.17, 15) is 9.59 Å². The smallest absolute Gasteiger partial charge is 0.275 e. The highest BCUT2D eigenvalue weighted by Gasteiger charge is 2.36. The maximum atomic E-state index is 12.9. The molecule has 0 radical (unpaired) electrons. The van der Waals surface area contributed by atoms with E-state index in [0.29, 0.717) is 18.8 Å². The van der Waals surface area contributed by atoms with Crippen LogP contribution in [0, 0.1) is 6.92 Å². The molecule has 138 valence electrons. The van der Waals surface area contributed by atoms with Gasteiger partial charge >= 0.3 is 0 Å². The Bertz CT molecular complexity index is 979. The van der Waals surface area contributed by atoms with Crippen LogP contribution in [-0.2, 0) is 4.79 Å². The van der Waals surface area contributed by atoms with E-state index in [2.05, 4.69) is 10.2 Å². The van der Waals surface area contributed by atoms with Crippen LogP contribution in [0.5, 0.6) is 0 Å². The second-order valence-electron chi connectivity index (χ2n) is 6.58. The Morgan fingerprint density at radius 1 is 1.19 bits per heavy atom. The Kier molecular flexibility index (Phi) is 4.53. The molecule has 4 rings (SSSR count). The molecule has 0 aliphatic carbocycles. The van der Waals surface area contributed by atoms with Gasteiger partial charge in [-0.15, -0.1) is 11.3 Å². The predicted octanol–water partition coefficient (Wildman–Crippen LogP) is 3.32. The molecule has 1 saturated heterocycles. The summed E-state index contributed by atoms with van der Waals surface area (Å²) in [5, 5.41) is 7.11. The number of carbonyl (C=O) groups is 2. The lowest BCUT2D eigenvalue weighted by Gasteiger charge is -2.38. The van der Waals surface area contributed by atoms with Gasteiger partial charge in [0, 0.05) is 23.7 Å². The Morgan fingerprint density at radius 2 is 1.96 bits per heavy atom. The predicted molar refractivity (Wildman–Crippen MR) is 106 cm³/mol. The maximum Gasteiger partial charge on any atom is 0.275 e. The van der Waals surface area contributed by atoms with Crippen molar-refractivity contribution in [2.45, 2.75) is 19.9 Å². The number of piperazine rings is 1. The lowest BCUT2D eigenvalue weighted by Crippen LogP contribution is -2.57. The largest absolute Gasteiger partial charge is 0.324 e. The molecule has 0 unspecified atom stereocenters. The highest BCUT2D eigenvalue weighted by Crippen LogP contribution is 2.27. The van der Waals surface area contributed by atoms with Crippen molar-refractivity contribution >= 4 is 28.8 Å². The van der Waals surface area contributed by atoms with E-state index in [1.54, 1.807) is 34.1 Å². The third-order valence-electron chi connectivity index (χ3n) is 4.79. The number of hydrogen-bond donors (Lipinski definition) is 1. The average Bonchev–Trinajstić information content (AvgIpc) is 3.33. The summed E-state index contributed by atoms with van der Waals surface area (Å²) < 4.78 is 0. The summed E-state index contributed by atoms with van der Waals surface area (Å²) in [6.07, 6.45) is 0. The number of amides is 2. The summed E-state index contributed by atoms with van der Waals surface area (Å²) in [4.78, 5) is 31.3. The third kappa shape index (κ3) is 3.26. The lowest BCUT2D eigenvalue weighted by atomic mass is 10.1. The van der Waals surface area contributed by atoms with Gasteiger partial charge in [-0.05, 0) is 44.2 Å². The van der Waals surface area contributed by atoms with Crippen LogP contribution in [0.2, 0.25) is 0 Å². The van der Waals surface area contributed by atoms with E-state index in [1.165, 1.54) is 4.88 Å². The van der Waals surface area contributed by atoms with Crippen molar-refractivity contribution in [2.75, 3.05) is 18.0 Å². The molecule has 1 aliphatic heterocycles. The Morgan fingerprint density at radius 3 is 2.67 bits per heavy atom. The van der Waals surface area contributed by atoms with Crippen LogP contribution in [0.3, 0.4) is 0 Å². The standard InChI is InChI=1S/C20H20N4O2S/c1-13-8-9-18(27-13)16-12-17(22-21-16)20(26)23-10-11-24(19(25)14(23)2)15-6-4-3-5-7-15/h3-9,12,14H,10-11H2,1-2H3,(H,21,22)/t14-/m0/s1. The van der Waals surface area contributed by atoms with Crippen LogP contribution < -0.4 is 4.90 Å². The van der Waals surface area contributed by atoms with E-state index in [4.69, 9.17) is 0 Å². The summed E-state index contributed by atoms with van der Waals surface area (Å²) in [5.41, 5.74) is 2.01. The molecule has 0 spiro atoms. The monoisotopic (exact) mass is 380 g/mol. The van der Waals surface area contributed by atoms with Gasteiger partial charge in [-0.1, -0.05) is 18.2 Å². The number of anilines is 1. The van der Waals surface area contributed by atoms with Crippen LogP contribution in [0.15, 0.2) is 48.5 Å². The van der Waals surface area contributed by atoms with E-state index in [0.717, 1.165) is 16.3 Å². The first-order valence-electron chi connectivity index (χ1n) is 8.84. The van der Waals surface area contributed by atoms with E-state index >= 15 is 0 Å². The molecule has 27 heavy (non-hydrogen) atoms. The summed E-state index contributed by atoms with van der Waals surface area (Å²) >= 11 is 1.64. The van der Waals surface area contributed by atoms with E-state index in [-0.39, 0.29) is 11.8 Å². The van der Waals surface area contributed by atoms with Crippen molar-refractivity contribution in [3.8, 4) is 10.6 Å². The van der Waals surface area contributed by atoms with Gasteiger partial charge in [0.2, 0.25) is 5.91 Å². The molecular formula is C20H20N4O2S. The fourth-order valence-corrected chi connectivity index (χ4v) is 4.13. The number of carbonyl (C=O) groups excluding carboxylic acids is 2. The molecule has 3 heterocycles. The number of para-hydroxylation sites is 1. The molecule has 1 fully saturated rings. The van der Waals surface area contributed by atoms with Gasteiger partial charge in [-0.2, -0.15) is 5.10 Å². The molecule has 2 amide bonds. The number of aromatic nitrogens is 2. The quantitative estimate of drug-likeness (QED) is 0.758. The SMILES string of the molecule is Cc1ccc(-c2cc(C(=O)N3CCN(c4ccccc4)C(=O)[C@@H]3C)n[nH]2)s1. The zero-order valence-corrected chi connectivity index (χ0v) is 16.0. The fourth-order valence-electron chi connectivity index (χ4n) is 3.30. The van der Waals surface area contributed by atoms with Gasteiger partial charge in [-0.25, -0.2) is 0 Å². The molecule has 0 saturated carbocycles. The molecular weight excluding hydrogens is 360 g/mol. The summed E-state index contributed by atoms with van der Waals surface area (Å²) in [6, 6.07) is 14.8. The van der Waals surface area contributed by atoms with Crippen LogP contribution in [0.1, 0.15) is 22.3 Å². The summed E-state index contributed by atoms with van der Waals surface area (Å²) in [6.45, 7) is 4.75. The number of hydrogen-bond acceptors (Lipinski definition) is 4. The normalized spacial score (nSPS) is 17.4. The van der Waals surface area contributed by atoms with Gasteiger partial charge in [0.15, 0.2) is 5.69 Å². The molecule has 3 aromatic rings. The van der Waals surface area contributed by atoms with Crippen molar-refractivity contribution < 1.29 is 9.59 Å². The van der Waals surface area contributed by atoms with E-state index in [1.807, 2.05) is 49.4 Å². The Hall–Kier alpha value is -2.93. The number of nitrogens with zero attached hydrogens (tertiary/aromatic N) is 3. The lowest BCUT2D eigenvalue weighted by molar-refractivity contribution is -0.124. The number of H-pyrrole nitrogens is 1. The molecule has 1 aromatic carbocycles. The number of thiophene rings is 1. The van der Waals surface area contributed by atoms with Gasteiger partial charge in [0.05, 0.1) is 10.6 Å². The van der Waals surface area contributed by atoms with Crippen LogP contribution in [0.4, 0.5) is 5.69 Å². The molecule has 6 nitrogen and oxygen atoms in total. The number of aryl methyl sites for hydroxylation is 1. The minimum atomic E-state index is -0.532. The second kappa shape index (κ2) is 7.00. The van der Waals surface area contributed by atoms with Gasteiger partial charge in [0.25, 0.3) is 5.91 Å². The van der Waals surface area contributed by atoms with E-state index < -0.39 is 6.04 Å². The number of benzene rings is 1. The highest BCUT2D eigenvalue weighted by atomic mass is 32.1. The topological polar surface area (TPSA) is 69.3 Å². The maximum absolute atomic E-state index is 12.9. The van der Waals surface area contributed by atoms with Gasteiger partial charge in [-0.3, -0.25) is 14.7 Å². The molecule has 1 aliphatic rings. The molecule has 7 heteroatoms.